The van der Waals surface area contributed by atoms with Crippen LogP contribution in [0.4, 0.5) is 0 Å². The summed E-state index contributed by atoms with van der Waals surface area (Å²) in [6, 6.07) is 8.97. The molecule has 112 valence electrons. The highest BCUT2D eigenvalue weighted by Crippen LogP contribution is 2.33. The quantitative estimate of drug-likeness (QED) is 0.755. The zero-order chi connectivity index (χ0) is 14.2. The molecule has 3 heteroatoms. The number of benzene rings is 1. The van der Waals surface area contributed by atoms with Gasteiger partial charge in [-0.2, -0.15) is 0 Å². The van der Waals surface area contributed by atoms with Crippen molar-refractivity contribution in [3.63, 3.8) is 0 Å². The molecular weight excluding hydrogens is 266 g/mol. The van der Waals surface area contributed by atoms with Gasteiger partial charge in [0.1, 0.15) is 5.75 Å². The fourth-order valence-corrected chi connectivity index (χ4v) is 4.30. The smallest absolute Gasteiger partial charge is 0.132 e. The van der Waals surface area contributed by atoms with Crippen molar-refractivity contribution in [3.05, 3.63) is 24.3 Å². The first-order valence-corrected chi connectivity index (χ1v) is 8.83. The van der Waals surface area contributed by atoms with Gasteiger partial charge in [-0.1, -0.05) is 38.3 Å². The lowest BCUT2D eigenvalue weighted by atomic mass is 9.84. The van der Waals surface area contributed by atoms with Crippen molar-refractivity contribution < 1.29 is 4.74 Å². The van der Waals surface area contributed by atoms with E-state index in [1.807, 2.05) is 23.9 Å². The Kier molecular flexibility index (Phi) is 6.74. The summed E-state index contributed by atoms with van der Waals surface area (Å²) >= 11 is 1.93. The third-order valence-electron chi connectivity index (χ3n) is 4.17. The van der Waals surface area contributed by atoms with Gasteiger partial charge >= 0.3 is 0 Å². The van der Waals surface area contributed by atoms with Gasteiger partial charge in [0, 0.05) is 16.7 Å². The Morgan fingerprint density at radius 3 is 2.70 bits per heavy atom. The van der Waals surface area contributed by atoms with Gasteiger partial charge in [-0.05, 0) is 37.4 Å². The summed E-state index contributed by atoms with van der Waals surface area (Å²) in [4.78, 5) is 1.26. The van der Waals surface area contributed by atoms with Crippen molar-refractivity contribution >= 4 is 11.8 Å². The van der Waals surface area contributed by atoms with Crippen molar-refractivity contribution in [2.24, 2.45) is 5.92 Å². The second-order valence-electron chi connectivity index (χ2n) is 5.52. The van der Waals surface area contributed by atoms with Crippen LogP contribution >= 0.6 is 11.8 Å². The summed E-state index contributed by atoms with van der Waals surface area (Å²) < 4.78 is 5.44. The highest BCUT2D eigenvalue weighted by atomic mass is 32.2. The minimum absolute atomic E-state index is 0.634. The van der Waals surface area contributed by atoms with Crippen LogP contribution < -0.4 is 10.1 Å². The lowest BCUT2D eigenvalue weighted by Crippen LogP contribution is -2.39. The Balaban J connectivity index is 1.93. The Bertz CT molecular complexity index is 390. The standard InChI is InChI=1S/C17H27NOS/c1-3-18-15(14-9-5-4-6-10-14)13-20-17-12-8-7-11-16(17)19-2/h7-8,11-12,14-15,18H,3-6,9-10,13H2,1-2H3. The molecule has 1 aromatic rings. The number of hydrogen-bond donors (Lipinski definition) is 1. The molecule has 0 bridgehead atoms. The maximum Gasteiger partial charge on any atom is 0.132 e. The molecule has 1 aliphatic carbocycles. The molecule has 0 spiro atoms. The van der Waals surface area contributed by atoms with E-state index in [0.717, 1.165) is 24.0 Å². The van der Waals surface area contributed by atoms with Crippen molar-refractivity contribution in [3.8, 4) is 5.75 Å². The third kappa shape index (κ3) is 4.42. The number of hydrogen-bond acceptors (Lipinski definition) is 3. The fourth-order valence-electron chi connectivity index (χ4n) is 3.08. The summed E-state index contributed by atoms with van der Waals surface area (Å²) in [6.07, 6.45) is 7.03. The van der Waals surface area contributed by atoms with Crippen LogP contribution in [-0.2, 0) is 0 Å². The van der Waals surface area contributed by atoms with E-state index in [-0.39, 0.29) is 0 Å². The second-order valence-corrected chi connectivity index (χ2v) is 6.59. The van der Waals surface area contributed by atoms with Crippen molar-refractivity contribution in [2.45, 2.75) is 50.0 Å². The summed E-state index contributed by atoms with van der Waals surface area (Å²) in [6.45, 7) is 3.28. The van der Waals surface area contributed by atoms with Crippen LogP contribution in [0.3, 0.4) is 0 Å². The van der Waals surface area contributed by atoms with Gasteiger partial charge in [0.25, 0.3) is 0 Å². The molecule has 20 heavy (non-hydrogen) atoms. The van der Waals surface area contributed by atoms with E-state index in [0.29, 0.717) is 6.04 Å². The van der Waals surface area contributed by atoms with E-state index in [1.165, 1.54) is 37.0 Å². The first-order valence-electron chi connectivity index (χ1n) is 7.84. The van der Waals surface area contributed by atoms with Gasteiger partial charge in [0.2, 0.25) is 0 Å². The van der Waals surface area contributed by atoms with Gasteiger partial charge in [-0.3, -0.25) is 0 Å². The Morgan fingerprint density at radius 2 is 2.00 bits per heavy atom. The first kappa shape index (κ1) is 15.7. The van der Waals surface area contributed by atoms with Gasteiger partial charge in [0.05, 0.1) is 7.11 Å². The van der Waals surface area contributed by atoms with E-state index in [4.69, 9.17) is 4.74 Å². The molecule has 2 rings (SSSR count). The monoisotopic (exact) mass is 293 g/mol. The SMILES string of the molecule is CCNC(CSc1ccccc1OC)C1CCCCC1. The molecule has 0 aromatic heterocycles. The summed E-state index contributed by atoms with van der Waals surface area (Å²) in [5.41, 5.74) is 0. The first-order chi connectivity index (χ1) is 9.85. The highest BCUT2D eigenvalue weighted by molar-refractivity contribution is 7.99. The van der Waals surface area contributed by atoms with Crippen LogP contribution in [0.1, 0.15) is 39.0 Å². The number of thioether (sulfide) groups is 1. The van der Waals surface area contributed by atoms with E-state index in [2.05, 4.69) is 24.4 Å². The van der Waals surface area contributed by atoms with Crippen molar-refractivity contribution in [2.75, 3.05) is 19.4 Å². The topological polar surface area (TPSA) is 21.3 Å². The number of rotatable bonds is 7. The van der Waals surface area contributed by atoms with Crippen molar-refractivity contribution in [1.82, 2.24) is 5.32 Å². The van der Waals surface area contributed by atoms with Gasteiger partial charge in [-0.15, -0.1) is 11.8 Å². The summed E-state index contributed by atoms with van der Waals surface area (Å²) in [5.74, 6) is 2.99. The zero-order valence-electron chi connectivity index (χ0n) is 12.7. The average Bonchev–Trinajstić information content (AvgIpc) is 2.52. The molecule has 1 N–H and O–H groups in total. The van der Waals surface area contributed by atoms with Gasteiger partial charge in [0.15, 0.2) is 0 Å². The molecule has 0 amide bonds. The highest BCUT2D eigenvalue weighted by Gasteiger charge is 2.23. The minimum atomic E-state index is 0.634. The molecule has 0 saturated heterocycles. The molecule has 0 aliphatic heterocycles. The second kappa shape index (κ2) is 8.58. The molecule has 1 aromatic carbocycles. The van der Waals surface area contributed by atoms with Gasteiger partial charge < -0.3 is 10.1 Å². The third-order valence-corrected chi connectivity index (χ3v) is 5.35. The average molecular weight is 293 g/mol. The summed E-state index contributed by atoms with van der Waals surface area (Å²) in [5, 5.41) is 3.70. The van der Waals surface area contributed by atoms with Crippen LogP contribution in [0.15, 0.2) is 29.2 Å². The Labute approximate surface area is 127 Å². The van der Waals surface area contributed by atoms with Gasteiger partial charge in [-0.25, -0.2) is 0 Å². The minimum Gasteiger partial charge on any atom is -0.496 e. The molecule has 0 radical (unpaired) electrons. The molecule has 0 heterocycles. The van der Waals surface area contributed by atoms with Crippen molar-refractivity contribution in [1.29, 1.82) is 0 Å². The van der Waals surface area contributed by atoms with Crippen LogP contribution in [0.2, 0.25) is 0 Å². The van der Waals surface area contributed by atoms with E-state index >= 15 is 0 Å². The van der Waals surface area contributed by atoms with Crippen LogP contribution in [-0.4, -0.2) is 25.4 Å². The maximum atomic E-state index is 5.44. The molecule has 1 atom stereocenters. The number of methoxy groups -OCH3 is 1. The normalized spacial score (nSPS) is 17.9. The maximum absolute atomic E-state index is 5.44. The lowest BCUT2D eigenvalue weighted by Gasteiger charge is -2.30. The molecule has 1 unspecified atom stereocenters. The van der Waals surface area contributed by atoms with E-state index < -0.39 is 0 Å². The molecule has 1 fully saturated rings. The van der Waals surface area contributed by atoms with E-state index in [9.17, 15) is 0 Å². The summed E-state index contributed by atoms with van der Waals surface area (Å²) in [7, 11) is 1.75. The molecular formula is C17H27NOS. The molecule has 1 saturated carbocycles. The van der Waals surface area contributed by atoms with E-state index in [1.54, 1.807) is 7.11 Å². The Morgan fingerprint density at radius 1 is 1.25 bits per heavy atom. The number of ether oxygens (including phenoxy) is 1. The fraction of sp³-hybridized carbons (Fsp3) is 0.647. The van der Waals surface area contributed by atoms with Crippen LogP contribution in [0, 0.1) is 5.92 Å². The predicted molar refractivity (Wildman–Crippen MR) is 87.8 cm³/mol. The number of para-hydroxylation sites is 1. The zero-order valence-corrected chi connectivity index (χ0v) is 13.5. The lowest BCUT2D eigenvalue weighted by molar-refractivity contribution is 0.288. The number of nitrogens with one attached hydrogen (secondary N) is 1. The molecule has 2 nitrogen and oxygen atoms in total. The predicted octanol–water partition coefficient (Wildman–Crippen LogP) is 4.35. The molecule has 1 aliphatic rings. The van der Waals surface area contributed by atoms with Crippen LogP contribution in [0.5, 0.6) is 5.75 Å². The Hall–Kier alpha value is -0.670. The largest absolute Gasteiger partial charge is 0.496 e. The van der Waals surface area contributed by atoms with Crippen LogP contribution in [0.25, 0.3) is 0 Å².